The lowest BCUT2D eigenvalue weighted by Crippen LogP contribution is -2.23. The zero-order valence-corrected chi connectivity index (χ0v) is 21.5. The molecule has 200 valence electrons. The van der Waals surface area contributed by atoms with Crippen molar-refractivity contribution >= 4 is 33.2 Å². The van der Waals surface area contributed by atoms with Gasteiger partial charge in [0, 0.05) is 18.8 Å². The third-order valence-electron chi connectivity index (χ3n) is 5.49. The first-order chi connectivity index (χ1) is 18.1. The molecule has 0 N–H and O–H groups in total. The molecule has 0 spiro atoms. The molecule has 0 aliphatic rings. The maximum Gasteiger partial charge on any atom is 0.578 e. The van der Waals surface area contributed by atoms with Crippen molar-refractivity contribution in [3.05, 3.63) is 89.9 Å². The summed E-state index contributed by atoms with van der Waals surface area (Å²) >= 11 is -3.10. The molecule has 1 unspecified atom stereocenters. The van der Waals surface area contributed by atoms with Crippen LogP contribution in [0.15, 0.2) is 81.4 Å². The van der Waals surface area contributed by atoms with Crippen molar-refractivity contribution in [3.63, 3.8) is 0 Å². The average molecular weight is 565 g/mol. The lowest BCUT2D eigenvalue weighted by Gasteiger charge is -2.11. The number of alkyl halides is 3. The van der Waals surface area contributed by atoms with Gasteiger partial charge in [0.1, 0.15) is 12.0 Å². The molecular formula is C25H23F3N4O4S2. The Morgan fingerprint density at radius 1 is 1.03 bits per heavy atom. The van der Waals surface area contributed by atoms with Gasteiger partial charge in [-0.2, -0.15) is 0 Å². The number of halogens is 3. The second-order valence-electron chi connectivity index (χ2n) is 8.32. The van der Waals surface area contributed by atoms with Crippen LogP contribution in [0.2, 0.25) is 0 Å². The van der Waals surface area contributed by atoms with E-state index in [0.717, 1.165) is 43.5 Å². The van der Waals surface area contributed by atoms with Crippen molar-refractivity contribution in [3.8, 4) is 0 Å². The fraction of sp³-hybridized carbons (Fsp3) is 0.240. The number of benzene rings is 2. The number of nitrogens with zero attached hydrogens (tertiary/aromatic N) is 4. The number of oxazole rings is 1. The summed E-state index contributed by atoms with van der Waals surface area (Å²) < 4.78 is 81.8. The quantitative estimate of drug-likeness (QED) is 0.185. The predicted molar refractivity (Wildman–Crippen MR) is 135 cm³/mol. The Hall–Kier alpha value is -3.42. The van der Waals surface area contributed by atoms with Crippen molar-refractivity contribution in [1.82, 2.24) is 20.0 Å². The van der Waals surface area contributed by atoms with Crippen molar-refractivity contribution in [2.24, 2.45) is 0 Å². The molecule has 4 aromatic rings. The summed E-state index contributed by atoms with van der Waals surface area (Å²) in [5.41, 5.74) is -3.04. The monoisotopic (exact) mass is 564 g/mol. The highest BCUT2D eigenvalue weighted by atomic mass is 32.2. The Kier molecular flexibility index (Phi) is 8.69. The van der Waals surface area contributed by atoms with Crippen LogP contribution in [0.25, 0.3) is 12.2 Å². The fourth-order valence-electron chi connectivity index (χ4n) is 3.57. The van der Waals surface area contributed by atoms with Gasteiger partial charge in [-0.05, 0) is 72.9 Å². The van der Waals surface area contributed by atoms with Crippen LogP contribution in [0, 0.1) is 0 Å². The summed E-state index contributed by atoms with van der Waals surface area (Å²) in [7, 11) is -3.65. The summed E-state index contributed by atoms with van der Waals surface area (Å²) in [6.45, 7) is 0.776. The number of hydrogen-bond acceptors (Lipinski definition) is 7. The lowest BCUT2D eigenvalue weighted by molar-refractivity contribution is -0.0435. The topological polar surface area (TPSA) is 114 Å². The summed E-state index contributed by atoms with van der Waals surface area (Å²) in [5.74, 6) is -0.209. The van der Waals surface area contributed by atoms with Crippen LogP contribution < -0.4 is 0 Å². The van der Waals surface area contributed by atoms with E-state index >= 15 is 0 Å². The zero-order valence-electron chi connectivity index (χ0n) is 19.9. The number of sulfone groups is 1. The smallest absolute Gasteiger partial charge is 0.578 e. The van der Waals surface area contributed by atoms with E-state index < -0.39 is 26.5 Å². The van der Waals surface area contributed by atoms with Gasteiger partial charge in [0.2, 0.25) is 5.89 Å². The zero-order chi connectivity index (χ0) is 27.2. The summed E-state index contributed by atoms with van der Waals surface area (Å²) in [4.78, 5) is 3.99. The molecule has 8 nitrogen and oxygen atoms in total. The Morgan fingerprint density at radius 2 is 1.76 bits per heavy atom. The van der Waals surface area contributed by atoms with Gasteiger partial charge in [-0.25, -0.2) is 13.4 Å². The van der Waals surface area contributed by atoms with Crippen molar-refractivity contribution < 1.29 is 30.6 Å². The first kappa shape index (κ1) is 27.6. The van der Waals surface area contributed by atoms with E-state index in [-0.39, 0.29) is 27.1 Å². The fourth-order valence-corrected chi connectivity index (χ4v) is 5.46. The van der Waals surface area contributed by atoms with Gasteiger partial charge in [-0.15, -0.1) is 18.3 Å². The molecule has 0 saturated carbocycles. The highest BCUT2D eigenvalue weighted by Crippen LogP contribution is 2.30. The van der Waals surface area contributed by atoms with Gasteiger partial charge in [0.15, 0.2) is 14.7 Å². The number of aromatic nitrogens is 4. The van der Waals surface area contributed by atoms with Crippen molar-refractivity contribution in [1.29, 1.82) is 0 Å². The minimum absolute atomic E-state index is 0.138. The lowest BCUT2D eigenvalue weighted by atomic mass is 10.1. The standard InChI is InChI=1S/C25H23F3N4O4S2/c26-25(27,28)37(33)22-9-4-20(5-10-22)8-13-24-30-21(17-36-24)18-38(34,35)23-11-6-19(7-12-23)3-1-2-15-32-16-14-29-31-32/h4-14,16-17H,1-3,15,18H2. The molecule has 0 fully saturated rings. The van der Waals surface area contributed by atoms with E-state index in [0.29, 0.717) is 5.56 Å². The molecule has 2 aromatic carbocycles. The molecule has 0 aliphatic carbocycles. The Bertz CT molecular complexity index is 1450. The van der Waals surface area contributed by atoms with E-state index in [1.54, 1.807) is 35.1 Å². The largest absolute Gasteiger partial charge is 0.604 e. The highest BCUT2D eigenvalue weighted by Gasteiger charge is 2.45. The minimum atomic E-state index is -4.83. The highest BCUT2D eigenvalue weighted by molar-refractivity contribution is 7.92. The molecule has 4 rings (SSSR count). The average Bonchev–Trinajstić information content (AvgIpc) is 3.57. The maximum absolute atomic E-state index is 12.8. The summed E-state index contributed by atoms with van der Waals surface area (Å²) in [5, 5.41) is 7.68. The van der Waals surface area contributed by atoms with Gasteiger partial charge in [-0.3, -0.25) is 4.68 Å². The normalized spacial score (nSPS) is 13.3. The second-order valence-corrected chi connectivity index (χ2v) is 11.8. The molecule has 0 saturated heterocycles. The van der Waals surface area contributed by atoms with Gasteiger partial charge in [0.25, 0.3) is 0 Å². The number of unbranched alkanes of at least 4 members (excludes halogenated alkanes) is 1. The number of rotatable bonds is 11. The van der Waals surface area contributed by atoms with E-state index in [4.69, 9.17) is 4.42 Å². The minimum Gasteiger partial charge on any atom is -0.604 e. The number of hydrogen-bond donors (Lipinski definition) is 0. The molecule has 13 heteroatoms. The van der Waals surface area contributed by atoms with Gasteiger partial charge in [-0.1, -0.05) is 17.3 Å². The van der Waals surface area contributed by atoms with Crippen LogP contribution in [-0.2, 0) is 39.7 Å². The Balaban J connectivity index is 1.30. The van der Waals surface area contributed by atoms with Crippen LogP contribution in [0.1, 0.15) is 35.6 Å². The van der Waals surface area contributed by atoms with Crippen molar-refractivity contribution in [2.75, 3.05) is 0 Å². The maximum atomic E-state index is 12.8. The van der Waals surface area contributed by atoms with Gasteiger partial charge < -0.3 is 8.97 Å². The molecular weight excluding hydrogens is 541 g/mol. The molecule has 2 heterocycles. The molecule has 0 aliphatic heterocycles. The third-order valence-corrected chi connectivity index (χ3v) is 8.27. The Morgan fingerprint density at radius 3 is 2.42 bits per heavy atom. The molecule has 0 amide bonds. The molecule has 0 bridgehead atoms. The second kappa shape index (κ2) is 12.0. The van der Waals surface area contributed by atoms with Gasteiger partial charge >= 0.3 is 5.51 Å². The SMILES string of the molecule is O=S(=O)(Cc1coc(C=Cc2ccc([S+]([O-])C(F)(F)F)cc2)n1)c1ccc(CCCCn2ccnn2)cc1. The van der Waals surface area contributed by atoms with Crippen LogP contribution >= 0.6 is 0 Å². The predicted octanol–water partition coefficient (Wildman–Crippen LogP) is 5.06. The van der Waals surface area contributed by atoms with Gasteiger partial charge in [0.05, 0.1) is 28.0 Å². The van der Waals surface area contributed by atoms with E-state index in [2.05, 4.69) is 15.3 Å². The Labute approximate surface area is 220 Å². The molecule has 1 atom stereocenters. The third kappa shape index (κ3) is 7.55. The first-order valence-electron chi connectivity index (χ1n) is 11.5. The number of aryl methyl sites for hydroxylation is 2. The summed E-state index contributed by atoms with van der Waals surface area (Å²) in [6.07, 6.45) is 10.4. The molecule has 0 radical (unpaired) electrons. The van der Waals surface area contributed by atoms with E-state index in [1.165, 1.54) is 30.5 Å². The molecule has 38 heavy (non-hydrogen) atoms. The van der Waals surface area contributed by atoms with Crippen LogP contribution in [0.4, 0.5) is 13.2 Å². The molecule has 2 aromatic heterocycles. The van der Waals surface area contributed by atoms with E-state index in [1.807, 2.05) is 6.20 Å². The first-order valence-corrected chi connectivity index (χ1v) is 14.3. The van der Waals surface area contributed by atoms with Crippen LogP contribution in [0.3, 0.4) is 0 Å². The van der Waals surface area contributed by atoms with Crippen LogP contribution in [0.5, 0.6) is 0 Å². The summed E-state index contributed by atoms with van der Waals surface area (Å²) in [6, 6.07) is 11.8. The van der Waals surface area contributed by atoms with Crippen LogP contribution in [-0.4, -0.2) is 38.5 Å². The van der Waals surface area contributed by atoms with Crippen molar-refractivity contribution in [2.45, 2.75) is 46.9 Å². The van der Waals surface area contributed by atoms with E-state index in [9.17, 15) is 26.1 Å².